The van der Waals surface area contributed by atoms with Gasteiger partial charge in [0.15, 0.2) is 0 Å². The van der Waals surface area contributed by atoms with Crippen LogP contribution < -0.4 is 5.32 Å². The lowest BCUT2D eigenvalue weighted by Crippen LogP contribution is -2.48. The Kier molecular flexibility index (Phi) is 4.78. The number of amides is 1. The van der Waals surface area contributed by atoms with Gasteiger partial charge in [0.2, 0.25) is 5.91 Å². The van der Waals surface area contributed by atoms with Crippen LogP contribution in [0.15, 0.2) is 0 Å². The first-order chi connectivity index (χ1) is 8.19. The van der Waals surface area contributed by atoms with E-state index in [0.29, 0.717) is 18.4 Å². The topological polar surface area (TPSA) is 41.6 Å². The molecule has 1 saturated heterocycles. The molecule has 0 aromatic carbocycles. The minimum atomic E-state index is -0.309. The van der Waals surface area contributed by atoms with Gasteiger partial charge in [0.1, 0.15) is 0 Å². The smallest absolute Gasteiger partial charge is 0.241 e. The quantitative estimate of drug-likeness (QED) is 0.816. The Morgan fingerprint density at radius 2 is 1.83 bits per heavy atom. The Hall–Kier alpha value is -0.610. The molecular formula is C14H28N2O2. The molecule has 0 aromatic rings. The summed E-state index contributed by atoms with van der Waals surface area (Å²) in [6.45, 7) is 13.1. The van der Waals surface area contributed by atoms with Crippen molar-refractivity contribution in [2.45, 2.75) is 59.4 Å². The van der Waals surface area contributed by atoms with Crippen molar-refractivity contribution in [3.8, 4) is 0 Å². The molecule has 1 fully saturated rings. The van der Waals surface area contributed by atoms with Crippen molar-refractivity contribution in [1.29, 1.82) is 0 Å². The molecule has 106 valence electrons. The van der Waals surface area contributed by atoms with E-state index < -0.39 is 0 Å². The number of methoxy groups -OCH3 is 1. The zero-order valence-electron chi connectivity index (χ0n) is 12.8. The largest absolute Gasteiger partial charge is 0.377 e. The summed E-state index contributed by atoms with van der Waals surface area (Å²) in [6, 6.07) is -0.0648. The van der Waals surface area contributed by atoms with Gasteiger partial charge in [-0.2, -0.15) is 0 Å². The minimum Gasteiger partial charge on any atom is -0.377 e. The number of ether oxygens (including phenoxy) is 1. The normalized spacial score (nSPS) is 25.6. The zero-order chi connectivity index (χ0) is 14.1. The standard InChI is InChI=1S/C14H28N2O2/c1-9(2)11-13(17)16(8-14(5,6)18-7)12(15-11)10(3)4/h9-12,15H,8H2,1-7H3. The van der Waals surface area contributed by atoms with E-state index in [0.717, 1.165) is 0 Å². The van der Waals surface area contributed by atoms with Gasteiger partial charge < -0.3 is 9.64 Å². The van der Waals surface area contributed by atoms with Crippen molar-refractivity contribution < 1.29 is 9.53 Å². The summed E-state index contributed by atoms with van der Waals surface area (Å²) in [5, 5.41) is 3.46. The Morgan fingerprint density at radius 3 is 2.22 bits per heavy atom. The van der Waals surface area contributed by atoms with E-state index in [1.165, 1.54) is 0 Å². The summed E-state index contributed by atoms with van der Waals surface area (Å²) in [6.07, 6.45) is 0.110. The first-order valence-electron chi connectivity index (χ1n) is 6.81. The molecule has 0 radical (unpaired) electrons. The molecule has 1 aliphatic rings. The molecular weight excluding hydrogens is 228 g/mol. The van der Waals surface area contributed by atoms with Gasteiger partial charge in [-0.25, -0.2) is 0 Å². The third-order valence-corrected chi connectivity index (χ3v) is 3.64. The molecule has 4 nitrogen and oxygen atoms in total. The van der Waals surface area contributed by atoms with Gasteiger partial charge in [0.25, 0.3) is 0 Å². The highest BCUT2D eigenvalue weighted by Gasteiger charge is 2.43. The maximum Gasteiger partial charge on any atom is 0.241 e. The Balaban J connectivity index is 2.88. The minimum absolute atomic E-state index is 0.0648. The van der Waals surface area contributed by atoms with Gasteiger partial charge in [-0.05, 0) is 25.7 Å². The van der Waals surface area contributed by atoms with Gasteiger partial charge in [-0.3, -0.25) is 10.1 Å². The van der Waals surface area contributed by atoms with Crippen LogP contribution >= 0.6 is 0 Å². The van der Waals surface area contributed by atoms with Gasteiger partial charge in [-0.15, -0.1) is 0 Å². The van der Waals surface area contributed by atoms with Gasteiger partial charge >= 0.3 is 0 Å². The maximum absolute atomic E-state index is 12.5. The second kappa shape index (κ2) is 5.57. The van der Waals surface area contributed by atoms with E-state index >= 15 is 0 Å². The fraction of sp³-hybridized carbons (Fsp3) is 0.929. The molecule has 1 heterocycles. The number of carbonyl (C=O) groups excluding carboxylic acids is 1. The molecule has 0 bridgehead atoms. The SMILES string of the molecule is COC(C)(C)CN1C(=O)C(C(C)C)NC1C(C)C. The molecule has 0 aliphatic carbocycles. The van der Waals surface area contributed by atoms with Gasteiger partial charge in [0, 0.05) is 7.11 Å². The van der Waals surface area contributed by atoms with Gasteiger partial charge in [0.05, 0.1) is 24.4 Å². The van der Waals surface area contributed by atoms with Gasteiger partial charge in [-0.1, -0.05) is 27.7 Å². The van der Waals surface area contributed by atoms with Crippen LogP contribution in [0.1, 0.15) is 41.5 Å². The molecule has 1 aliphatic heterocycles. The average molecular weight is 256 g/mol. The van der Waals surface area contributed by atoms with Crippen LogP contribution in [-0.4, -0.2) is 42.3 Å². The fourth-order valence-corrected chi connectivity index (χ4v) is 2.34. The molecule has 1 rings (SSSR count). The summed E-state index contributed by atoms with van der Waals surface area (Å²) in [4.78, 5) is 14.4. The third kappa shape index (κ3) is 3.23. The molecule has 4 heteroatoms. The van der Waals surface area contributed by atoms with E-state index in [1.807, 2.05) is 18.7 Å². The Labute approximate surface area is 111 Å². The third-order valence-electron chi connectivity index (χ3n) is 3.64. The zero-order valence-corrected chi connectivity index (χ0v) is 12.8. The monoisotopic (exact) mass is 256 g/mol. The first-order valence-corrected chi connectivity index (χ1v) is 6.81. The summed E-state index contributed by atoms with van der Waals surface area (Å²) in [7, 11) is 1.69. The van der Waals surface area contributed by atoms with Crippen molar-refractivity contribution in [2.24, 2.45) is 11.8 Å². The first kappa shape index (κ1) is 15.4. The van der Waals surface area contributed by atoms with E-state index in [-0.39, 0.29) is 23.7 Å². The number of carbonyl (C=O) groups is 1. The molecule has 1 amide bonds. The fourth-order valence-electron chi connectivity index (χ4n) is 2.34. The van der Waals surface area contributed by atoms with Crippen LogP contribution in [0.4, 0.5) is 0 Å². The second-order valence-corrected chi connectivity index (χ2v) is 6.51. The number of hydrogen-bond donors (Lipinski definition) is 1. The lowest BCUT2D eigenvalue weighted by molar-refractivity contribution is -0.135. The van der Waals surface area contributed by atoms with Crippen LogP contribution in [0.3, 0.4) is 0 Å². The summed E-state index contributed by atoms with van der Waals surface area (Å²) in [5.41, 5.74) is -0.309. The Morgan fingerprint density at radius 1 is 1.28 bits per heavy atom. The highest BCUT2D eigenvalue weighted by molar-refractivity contribution is 5.84. The molecule has 2 unspecified atom stereocenters. The predicted octanol–water partition coefficient (Wildman–Crippen LogP) is 1.85. The van der Waals surface area contributed by atoms with E-state index in [9.17, 15) is 4.79 Å². The van der Waals surface area contributed by atoms with E-state index in [2.05, 4.69) is 33.0 Å². The summed E-state index contributed by atoms with van der Waals surface area (Å²) < 4.78 is 5.45. The van der Waals surface area contributed by atoms with E-state index in [1.54, 1.807) is 7.11 Å². The van der Waals surface area contributed by atoms with Crippen LogP contribution in [0, 0.1) is 11.8 Å². The Bertz CT molecular complexity index is 300. The highest BCUT2D eigenvalue weighted by Crippen LogP contribution is 2.24. The molecule has 0 saturated carbocycles. The molecule has 2 atom stereocenters. The summed E-state index contributed by atoms with van der Waals surface area (Å²) in [5.74, 6) is 0.911. The molecule has 0 aromatic heterocycles. The molecule has 18 heavy (non-hydrogen) atoms. The number of nitrogens with one attached hydrogen (secondary N) is 1. The van der Waals surface area contributed by atoms with Crippen molar-refractivity contribution >= 4 is 5.91 Å². The second-order valence-electron chi connectivity index (χ2n) is 6.51. The van der Waals surface area contributed by atoms with Crippen LogP contribution in [0.25, 0.3) is 0 Å². The van der Waals surface area contributed by atoms with Crippen LogP contribution in [0.5, 0.6) is 0 Å². The molecule has 1 N–H and O–H groups in total. The van der Waals surface area contributed by atoms with Crippen molar-refractivity contribution in [1.82, 2.24) is 10.2 Å². The summed E-state index contributed by atoms with van der Waals surface area (Å²) >= 11 is 0. The van der Waals surface area contributed by atoms with Crippen LogP contribution in [-0.2, 0) is 9.53 Å². The van der Waals surface area contributed by atoms with Crippen molar-refractivity contribution in [2.75, 3.05) is 13.7 Å². The van der Waals surface area contributed by atoms with E-state index in [4.69, 9.17) is 4.74 Å². The number of nitrogens with zero attached hydrogens (tertiary/aromatic N) is 1. The average Bonchev–Trinajstić information content (AvgIpc) is 2.56. The predicted molar refractivity (Wildman–Crippen MR) is 73.2 cm³/mol. The highest BCUT2D eigenvalue weighted by atomic mass is 16.5. The maximum atomic E-state index is 12.5. The van der Waals surface area contributed by atoms with Crippen molar-refractivity contribution in [3.63, 3.8) is 0 Å². The lowest BCUT2D eigenvalue weighted by Gasteiger charge is -2.34. The molecule has 0 spiro atoms. The van der Waals surface area contributed by atoms with Crippen molar-refractivity contribution in [3.05, 3.63) is 0 Å². The lowest BCUT2D eigenvalue weighted by atomic mass is 10.0. The number of hydrogen-bond acceptors (Lipinski definition) is 3. The van der Waals surface area contributed by atoms with Crippen LogP contribution in [0.2, 0.25) is 0 Å². The number of rotatable bonds is 5.